The minimum Gasteiger partial charge on any atom is -0.365 e. The summed E-state index contributed by atoms with van der Waals surface area (Å²) in [6.45, 7) is 6.01. The van der Waals surface area contributed by atoms with Gasteiger partial charge in [0, 0.05) is 17.6 Å². The fourth-order valence-corrected chi connectivity index (χ4v) is 1.99. The third-order valence-electron chi connectivity index (χ3n) is 3.22. The van der Waals surface area contributed by atoms with Gasteiger partial charge in [0.15, 0.2) is 0 Å². The molecule has 17 heavy (non-hydrogen) atoms. The molecule has 3 unspecified atom stereocenters. The first-order valence-electron chi connectivity index (χ1n) is 5.95. The van der Waals surface area contributed by atoms with Crippen molar-refractivity contribution in [1.82, 2.24) is 4.98 Å². The summed E-state index contributed by atoms with van der Waals surface area (Å²) in [6, 6.07) is 3.63. The maximum atomic E-state index is 12.0. The molecule has 1 saturated heterocycles. The van der Waals surface area contributed by atoms with Gasteiger partial charge in [-0.2, -0.15) is 0 Å². The Bertz CT molecular complexity index is 410. The van der Waals surface area contributed by atoms with E-state index >= 15 is 0 Å². The average Bonchev–Trinajstić information content (AvgIpc) is 2.59. The third kappa shape index (κ3) is 2.82. The molecule has 1 aliphatic heterocycles. The van der Waals surface area contributed by atoms with E-state index in [4.69, 9.17) is 4.74 Å². The van der Waals surface area contributed by atoms with Gasteiger partial charge < -0.3 is 10.1 Å². The molecule has 4 heteroatoms. The molecule has 2 rings (SSSR count). The Kier molecular flexibility index (Phi) is 3.43. The van der Waals surface area contributed by atoms with E-state index < -0.39 is 0 Å². The Hall–Kier alpha value is -1.42. The number of nitrogens with zero attached hydrogens (tertiary/aromatic N) is 1. The molecule has 1 amide bonds. The largest absolute Gasteiger partial charge is 0.365 e. The lowest BCUT2D eigenvalue weighted by molar-refractivity contribution is -0.126. The number of aromatic nitrogens is 1. The lowest BCUT2D eigenvalue weighted by atomic mass is 10.0. The SMILES string of the molecule is Cc1cc(NC(=O)C2CC(C)C(C)O2)ccn1. The minimum atomic E-state index is -0.325. The fourth-order valence-electron chi connectivity index (χ4n) is 1.99. The number of nitrogens with one attached hydrogen (secondary N) is 1. The number of hydrogen-bond donors (Lipinski definition) is 1. The Morgan fingerprint density at radius 1 is 1.53 bits per heavy atom. The maximum absolute atomic E-state index is 12.0. The highest BCUT2D eigenvalue weighted by Gasteiger charge is 2.33. The zero-order valence-electron chi connectivity index (χ0n) is 10.4. The van der Waals surface area contributed by atoms with Crippen LogP contribution in [0.1, 0.15) is 26.0 Å². The third-order valence-corrected chi connectivity index (χ3v) is 3.22. The van der Waals surface area contributed by atoms with Crippen molar-refractivity contribution in [3.8, 4) is 0 Å². The number of aryl methyl sites for hydroxylation is 1. The van der Waals surface area contributed by atoms with Gasteiger partial charge >= 0.3 is 0 Å². The van der Waals surface area contributed by atoms with Crippen LogP contribution in [0.15, 0.2) is 18.3 Å². The molecule has 0 aliphatic carbocycles. The second-order valence-electron chi connectivity index (χ2n) is 4.72. The summed E-state index contributed by atoms with van der Waals surface area (Å²) in [5, 5.41) is 2.86. The van der Waals surface area contributed by atoms with Crippen molar-refractivity contribution in [3.63, 3.8) is 0 Å². The molecule has 92 valence electrons. The van der Waals surface area contributed by atoms with Crippen molar-refractivity contribution in [3.05, 3.63) is 24.0 Å². The molecule has 1 aromatic rings. The van der Waals surface area contributed by atoms with Crippen LogP contribution in [0.4, 0.5) is 5.69 Å². The molecule has 0 saturated carbocycles. The van der Waals surface area contributed by atoms with Crippen molar-refractivity contribution in [2.75, 3.05) is 5.32 Å². The summed E-state index contributed by atoms with van der Waals surface area (Å²) in [6.07, 6.45) is 2.31. The number of rotatable bonds is 2. The Labute approximate surface area is 101 Å². The van der Waals surface area contributed by atoms with E-state index in [2.05, 4.69) is 17.2 Å². The van der Waals surface area contributed by atoms with Crippen LogP contribution in [0, 0.1) is 12.8 Å². The summed E-state index contributed by atoms with van der Waals surface area (Å²) in [5.41, 5.74) is 1.66. The van der Waals surface area contributed by atoms with Gasteiger partial charge in [-0.15, -0.1) is 0 Å². The number of hydrogen-bond acceptors (Lipinski definition) is 3. The second kappa shape index (κ2) is 4.84. The zero-order chi connectivity index (χ0) is 12.4. The van der Waals surface area contributed by atoms with E-state index in [1.54, 1.807) is 12.3 Å². The summed E-state index contributed by atoms with van der Waals surface area (Å²) in [4.78, 5) is 16.0. The molecule has 0 bridgehead atoms. The van der Waals surface area contributed by atoms with E-state index in [1.807, 2.05) is 19.9 Å². The van der Waals surface area contributed by atoms with Crippen LogP contribution in [-0.2, 0) is 9.53 Å². The van der Waals surface area contributed by atoms with Crippen molar-refractivity contribution in [2.24, 2.45) is 5.92 Å². The topological polar surface area (TPSA) is 51.2 Å². The van der Waals surface area contributed by atoms with Crippen molar-refractivity contribution in [2.45, 2.75) is 39.4 Å². The molecule has 0 spiro atoms. The molecule has 1 aromatic heterocycles. The van der Waals surface area contributed by atoms with Crippen LogP contribution >= 0.6 is 0 Å². The Balaban J connectivity index is 1.98. The molecular weight excluding hydrogens is 216 g/mol. The zero-order valence-corrected chi connectivity index (χ0v) is 10.4. The molecule has 0 aromatic carbocycles. The highest BCUT2D eigenvalue weighted by atomic mass is 16.5. The van der Waals surface area contributed by atoms with Gasteiger partial charge in [0.05, 0.1) is 6.10 Å². The number of amides is 1. The standard InChI is InChI=1S/C13H18N2O2/c1-8-6-12(17-10(8)3)13(16)15-11-4-5-14-9(2)7-11/h4-5,7-8,10,12H,6H2,1-3H3,(H,14,15,16). The monoisotopic (exact) mass is 234 g/mol. The number of ether oxygens (including phenoxy) is 1. The molecule has 3 atom stereocenters. The Morgan fingerprint density at radius 2 is 2.29 bits per heavy atom. The molecule has 1 N–H and O–H groups in total. The first-order valence-corrected chi connectivity index (χ1v) is 5.95. The van der Waals surface area contributed by atoms with Crippen molar-refractivity contribution < 1.29 is 9.53 Å². The highest BCUT2D eigenvalue weighted by Crippen LogP contribution is 2.26. The molecular formula is C13H18N2O2. The van der Waals surface area contributed by atoms with E-state index in [9.17, 15) is 4.79 Å². The van der Waals surface area contributed by atoms with E-state index in [0.29, 0.717) is 5.92 Å². The second-order valence-corrected chi connectivity index (χ2v) is 4.72. The van der Waals surface area contributed by atoms with Gasteiger partial charge in [0.25, 0.3) is 5.91 Å². The van der Waals surface area contributed by atoms with Crippen LogP contribution in [0.2, 0.25) is 0 Å². The molecule has 0 radical (unpaired) electrons. The van der Waals surface area contributed by atoms with Gasteiger partial charge in [0.1, 0.15) is 6.10 Å². The predicted octanol–water partition coefficient (Wildman–Crippen LogP) is 2.14. The van der Waals surface area contributed by atoms with Crippen LogP contribution in [-0.4, -0.2) is 23.1 Å². The van der Waals surface area contributed by atoms with Crippen LogP contribution < -0.4 is 5.32 Å². The van der Waals surface area contributed by atoms with Crippen molar-refractivity contribution >= 4 is 11.6 Å². The Morgan fingerprint density at radius 3 is 2.88 bits per heavy atom. The smallest absolute Gasteiger partial charge is 0.253 e. The highest BCUT2D eigenvalue weighted by molar-refractivity contribution is 5.94. The molecule has 4 nitrogen and oxygen atoms in total. The quantitative estimate of drug-likeness (QED) is 0.853. The maximum Gasteiger partial charge on any atom is 0.253 e. The summed E-state index contributed by atoms with van der Waals surface area (Å²) in [5.74, 6) is 0.372. The van der Waals surface area contributed by atoms with E-state index in [1.165, 1.54) is 0 Å². The van der Waals surface area contributed by atoms with Crippen LogP contribution in [0.5, 0.6) is 0 Å². The lowest BCUT2D eigenvalue weighted by Crippen LogP contribution is -2.27. The fraction of sp³-hybridized carbons (Fsp3) is 0.538. The van der Waals surface area contributed by atoms with Gasteiger partial charge in [-0.1, -0.05) is 6.92 Å². The lowest BCUT2D eigenvalue weighted by Gasteiger charge is -2.11. The molecule has 2 heterocycles. The van der Waals surface area contributed by atoms with Gasteiger partial charge in [-0.05, 0) is 38.3 Å². The van der Waals surface area contributed by atoms with E-state index in [-0.39, 0.29) is 18.1 Å². The van der Waals surface area contributed by atoms with E-state index in [0.717, 1.165) is 17.8 Å². The number of carbonyl (C=O) groups excluding carboxylic acids is 1. The van der Waals surface area contributed by atoms with Crippen LogP contribution in [0.3, 0.4) is 0 Å². The number of pyridine rings is 1. The summed E-state index contributed by atoms with van der Waals surface area (Å²) >= 11 is 0. The molecule has 1 fully saturated rings. The van der Waals surface area contributed by atoms with Crippen molar-refractivity contribution in [1.29, 1.82) is 0 Å². The van der Waals surface area contributed by atoms with Gasteiger partial charge in [-0.3, -0.25) is 9.78 Å². The number of anilines is 1. The summed E-state index contributed by atoms with van der Waals surface area (Å²) < 4.78 is 5.61. The predicted molar refractivity (Wildman–Crippen MR) is 65.7 cm³/mol. The van der Waals surface area contributed by atoms with Gasteiger partial charge in [0.2, 0.25) is 0 Å². The van der Waals surface area contributed by atoms with Gasteiger partial charge in [-0.25, -0.2) is 0 Å². The first-order chi connectivity index (χ1) is 8.06. The van der Waals surface area contributed by atoms with Crippen LogP contribution in [0.25, 0.3) is 0 Å². The minimum absolute atomic E-state index is 0.0631. The first kappa shape index (κ1) is 12.0. The summed E-state index contributed by atoms with van der Waals surface area (Å²) in [7, 11) is 0. The normalized spacial score (nSPS) is 28.1. The molecule has 1 aliphatic rings. The average molecular weight is 234 g/mol. The number of carbonyl (C=O) groups is 1.